The topological polar surface area (TPSA) is 81.7 Å². The van der Waals surface area contributed by atoms with Crippen LogP contribution in [0.15, 0.2) is 54.6 Å². The fourth-order valence-corrected chi connectivity index (χ4v) is 2.46. The Bertz CT molecular complexity index is 888. The fourth-order valence-electron chi connectivity index (χ4n) is 2.46. The minimum Gasteiger partial charge on any atom is -0.493 e. The zero-order valence-electron chi connectivity index (χ0n) is 16.1. The van der Waals surface area contributed by atoms with E-state index < -0.39 is 18.0 Å². The molecule has 0 heterocycles. The second-order valence-corrected chi connectivity index (χ2v) is 5.97. The first-order chi connectivity index (χ1) is 13.4. The molecule has 0 saturated carbocycles. The highest BCUT2D eigenvalue weighted by Crippen LogP contribution is 2.19. The first-order valence-corrected chi connectivity index (χ1v) is 8.93. The van der Waals surface area contributed by atoms with Crippen molar-refractivity contribution in [2.24, 2.45) is 0 Å². The van der Waals surface area contributed by atoms with Crippen molar-refractivity contribution in [1.29, 1.82) is 0 Å². The molecular weight excluding hydrogens is 358 g/mol. The van der Waals surface area contributed by atoms with Crippen LogP contribution < -0.4 is 10.1 Å². The van der Waals surface area contributed by atoms with Gasteiger partial charge in [-0.1, -0.05) is 30.3 Å². The van der Waals surface area contributed by atoms with Gasteiger partial charge in [0, 0.05) is 17.2 Å². The smallest absolute Gasteiger partial charge is 0.331 e. The number of nitrogens with one attached hydrogen (secondary N) is 1. The van der Waals surface area contributed by atoms with E-state index in [0.29, 0.717) is 23.6 Å². The Morgan fingerprint density at radius 1 is 1.07 bits per heavy atom. The molecule has 0 bridgehead atoms. The Balaban J connectivity index is 1.99. The van der Waals surface area contributed by atoms with E-state index in [1.54, 1.807) is 36.4 Å². The molecule has 2 rings (SSSR count). The zero-order valence-corrected chi connectivity index (χ0v) is 16.1. The van der Waals surface area contributed by atoms with E-state index in [0.717, 1.165) is 5.56 Å². The van der Waals surface area contributed by atoms with Crippen molar-refractivity contribution in [2.45, 2.75) is 26.9 Å². The molecule has 0 fully saturated rings. The molecule has 6 nitrogen and oxygen atoms in total. The van der Waals surface area contributed by atoms with E-state index in [1.807, 2.05) is 25.1 Å². The maximum atomic E-state index is 12.3. The molecule has 0 saturated heterocycles. The van der Waals surface area contributed by atoms with E-state index in [4.69, 9.17) is 9.47 Å². The molecule has 0 unspecified atom stereocenters. The third-order valence-corrected chi connectivity index (χ3v) is 3.84. The maximum Gasteiger partial charge on any atom is 0.331 e. The van der Waals surface area contributed by atoms with Gasteiger partial charge in [0.25, 0.3) is 5.91 Å². The van der Waals surface area contributed by atoms with Crippen molar-refractivity contribution in [2.75, 3.05) is 11.9 Å². The van der Waals surface area contributed by atoms with Crippen molar-refractivity contribution < 1.29 is 23.9 Å². The summed E-state index contributed by atoms with van der Waals surface area (Å²) in [6.45, 7) is 5.26. The second-order valence-electron chi connectivity index (χ2n) is 5.97. The number of rotatable bonds is 8. The van der Waals surface area contributed by atoms with Gasteiger partial charge in [-0.05, 0) is 45.0 Å². The van der Waals surface area contributed by atoms with Crippen molar-refractivity contribution in [3.8, 4) is 5.75 Å². The highest BCUT2D eigenvalue weighted by Gasteiger charge is 2.18. The Kier molecular flexibility index (Phi) is 7.51. The van der Waals surface area contributed by atoms with Crippen molar-refractivity contribution in [3.63, 3.8) is 0 Å². The summed E-state index contributed by atoms with van der Waals surface area (Å²) in [5, 5.41) is 2.62. The largest absolute Gasteiger partial charge is 0.493 e. The summed E-state index contributed by atoms with van der Waals surface area (Å²) in [5.41, 5.74) is 1.50. The van der Waals surface area contributed by atoms with Gasteiger partial charge in [-0.15, -0.1) is 0 Å². The van der Waals surface area contributed by atoms with Gasteiger partial charge in [0.1, 0.15) is 5.75 Å². The van der Waals surface area contributed by atoms with Gasteiger partial charge in [-0.2, -0.15) is 0 Å². The second kappa shape index (κ2) is 10.1. The van der Waals surface area contributed by atoms with Crippen molar-refractivity contribution in [3.05, 3.63) is 65.7 Å². The molecule has 28 heavy (non-hydrogen) atoms. The van der Waals surface area contributed by atoms with Crippen LogP contribution in [0.5, 0.6) is 5.75 Å². The SMILES string of the molecule is CCOc1ccccc1/C=C/C(=O)O[C@H](C)C(=O)Nc1ccccc1C(C)=O. The number of carbonyl (C=O) groups excluding carboxylic acids is 3. The number of ketones is 1. The monoisotopic (exact) mass is 381 g/mol. The summed E-state index contributed by atoms with van der Waals surface area (Å²) < 4.78 is 10.6. The number of hydrogen-bond donors (Lipinski definition) is 1. The van der Waals surface area contributed by atoms with E-state index in [1.165, 1.54) is 19.9 Å². The Hall–Kier alpha value is -3.41. The van der Waals surface area contributed by atoms with E-state index in [9.17, 15) is 14.4 Å². The van der Waals surface area contributed by atoms with Crippen LogP contribution in [0.2, 0.25) is 0 Å². The molecule has 146 valence electrons. The quantitative estimate of drug-likeness (QED) is 0.426. The standard InChI is InChI=1S/C22H23NO5/c1-4-27-20-12-8-5-9-17(20)13-14-21(25)28-16(3)22(26)23-19-11-7-6-10-18(19)15(2)24/h5-14,16H,4H2,1-3H3,(H,23,26)/b14-13+/t16-/m1/s1. The van der Waals surface area contributed by atoms with E-state index in [2.05, 4.69) is 5.32 Å². The molecule has 1 N–H and O–H groups in total. The minimum atomic E-state index is -1.03. The molecule has 0 aliphatic heterocycles. The van der Waals surface area contributed by atoms with Gasteiger partial charge in [-0.25, -0.2) is 4.79 Å². The predicted molar refractivity (Wildman–Crippen MR) is 107 cm³/mol. The van der Waals surface area contributed by atoms with Crippen LogP contribution in [-0.2, 0) is 14.3 Å². The van der Waals surface area contributed by atoms with Crippen LogP contribution in [0, 0.1) is 0 Å². The number of ether oxygens (including phenoxy) is 2. The first-order valence-electron chi connectivity index (χ1n) is 8.93. The van der Waals surface area contributed by atoms with Crippen LogP contribution >= 0.6 is 0 Å². The lowest BCUT2D eigenvalue weighted by molar-refractivity contribution is -0.148. The number of hydrogen-bond acceptors (Lipinski definition) is 5. The first kappa shape index (κ1) is 20.9. The average Bonchev–Trinajstić information content (AvgIpc) is 2.67. The third kappa shape index (κ3) is 5.81. The predicted octanol–water partition coefficient (Wildman–Crippen LogP) is 3.87. The normalized spacial score (nSPS) is 11.7. The van der Waals surface area contributed by atoms with Crippen molar-refractivity contribution in [1.82, 2.24) is 0 Å². The maximum absolute atomic E-state index is 12.3. The van der Waals surface area contributed by atoms with Gasteiger partial charge < -0.3 is 14.8 Å². The van der Waals surface area contributed by atoms with Crippen LogP contribution in [0.3, 0.4) is 0 Å². The summed E-state index contributed by atoms with van der Waals surface area (Å²) in [7, 11) is 0. The number of amides is 1. The highest BCUT2D eigenvalue weighted by molar-refractivity contribution is 6.05. The summed E-state index contributed by atoms with van der Waals surface area (Å²) in [5.74, 6) is -0.698. The lowest BCUT2D eigenvalue weighted by Crippen LogP contribution is -2.30. The third-order valence-electron chi connectivity index (χ3n) is 3.84. The molecule has 1 atom stereocenters. The van der Waals surface area contributed by atoms with Gasteiger partial charge in [-0.3, -0.25) is 9.59 Å². The number of esters is 1. The van der Waals surface area contributed by atoms with Gasteiger partial charge in [0.2, 0.25) is 0 Å². The van der Waals surface area contributed by atoms with E-state index in [-0.39, 0.29) is 5.78 Å². The highest BCUT2D eigenvalue weighted by atomic mass is 16.5. The Morgan fingerprint density at radius 3 is 2.46 bits per heavy atom. The van der Waals surface area contributed by atoms with Crippen LogP contribution in [0.4, 0.5) is 5.69 Å². The summed E-state index contributed by atoms with van der Waals surface area (Å²) in [6.07, 6.45) is 1.79. The van der Waals surface area contributed by atoms with E-state index >= 15 is 0 Å². The fraction of sp³-hybridized carbons (Fsp3) is 0.227. The molecule has 6 heteroatoms. The molecule has 0 aromatic heterocycles. The summed E-state index contributed by atoms with van der Waals surface area (Å²) in [4.78, 5) is 36.0. The van der Waals surface area contributed by atoms with Gasteiger partial charge in [0.05, 0.1) is 12.3 Å². The van der Waals surface area contributed by atoms with Gasteiger partial charge >= 0.3 is 5.97 Å². The summed E-state index contributed by atoms with van der Waals surface area (Å²) in [6, 6.07) is 13.9. The molecule has 0 spiro atoms. The average molecular weight is 381 g/mol. The Morgan fingerprint density at radius 2 is 1.75 bits per heavy atom. The molecule has 2 aromatic carbocycles. The van der Waals surface area contributed by atoms with Crippen LogP contribution in [-0.4, -0.2) is 30.4 Å². The number of para-hydroxylation sites is 2. The molecule has 0 radical (unpaired) electrons. The number of anilines is 1. The summed E-state index contributed by atoms with van der Waals surface area (Å²) >= 11 is 0. The van der Waals surface area contributed by atoms with Crippen molar-refractivity contribution >= 4 is 29.4 Å². The molecule has 0 aliphatic carbocycles. The zero-order chi connectivity index (χ0) is 20.5. The molecule has 0 aliphatic rings. The minimum absolute atomic E-state index is 0.170. The van der Waals surface area contributed by atoms with Gasteiger partial charge in [0.15, 0.2) is 11.9 Å². The lowest BCUT2D eigenvalue weighted by Gasteiger charge is -2.14. The Labute approximate surface area is 164 Å². The lowest BCUT2D eigenvalue weighted by atomic mass is 10.1. The number of benzene rings is 2. The molecule has 2 aromatic rings. The molecule has 1 amide bonds. The van der Waals surface area contributed by atoms with Crippen LogP contribution in [0.25, 0.3) is 6.08 Å². The number of carbonyl (C=O) groups is 3. The molecular formula is C22H23NO5. The van der Waals surface area contributed by atoms with Crippen LogP contribution in [0.1, 0.15) is 36.7 Å². The number of Topliss-reactive ketones (excluding diaryl/α,β-unsaturated/α-hetero) is 1.